The van der Waals surface area contributed by atoms with Gasteiger partial charge in [0.15, 0.2) is 23.1 Å². The van der Waals surface area contributed by atoms with E-state index in [2.05, 4.69) is 35.9 Å². The number of carbonyl (C=O) groups excluding carboxylic acids is 1. The number of carbonyl (C=O) groups is 1. The van der Waals surface area contributed by atoms with E-state index in [9.17, 15) is 22.4 Å². The lowest BCUT2D eigenvalue weighted by atomic mass is 10.0. The highest BCUT2D eigenvalue weighted by Crippen LogP contribution is 2.32. The van der Waals surface area contributed by atoms with Crippen molar-refractivity contribution in [1.82, 2.24) is 19.9 Å². The highest BCUT2D eigenvalue weighted by Gasteiger charge is 2.37. The van der Waals surface area contributed by atoms with Crippen molar-refractivity contribution in [2.24, 2.45) is 0 Å². The Morgan fingerprint density at radius 3 is 2.71 bits per heavy atom. The van der Waals surface area contributed by atoms with Crippen LogP contribution in [0.4, 0.5) is 17.6 Å². The summed E-state index contributed by atoms with van der Waals surface area (Å²) < 4.78 is 53.7. The van der Waals surface area contributed by atoms with Gasteiger partial charge in [0.1, 0.15) is 5.52 Å². The molecule has 5 nitrogen and oxygen atoms in total. The number of nitrogens with one attached hydrogen (secondary N) is 2. The van der Waals surface area contributed by atoms with Gasteiger partial charge >= 0.3 is 6.18 Å². The lowest BCUT2D eigenvalue weighted by molar-refractivity contribution is -0.141. The van der Waals surface area contributed by atoms with Crippen LogP contribution in [0.15, 0.2) is 47.2 Å². The van der Waals surface area contributed by atoms with E-state index in [1.165, 1.54) is 24.4 Å². The zero-order chi connectivity index (χ0) is 20.1. The Kier molecular flexibility index (Phi) is 4.30. The van der Waals surface area contributed by atoms with Crippen LogP contribution < -0.4 is 0 Å². The predicted molar refractivity (Wildman–Crippen MR) is 96.2 cm³/mol. The van der Waals surface area contributed by atoms with Gasteiger partial charge in [0.25, 0.3) is 0 Å². The van der Waals surface area contributed by atoms with E-state index in [1.807, 2.05) is 0 Å². The van der Waals surface area contributed by atoms with Crippen molar-refractivity contribution in [2.75, 3.05) is 0 Å². The standard InChI is InChI=1S/C18H9BrF4N4O/c19-10-3-4-11-14(13(10)20)27-17(26-11)12-6-8(7-25-12)15(28)9-2-1-5-24-16(9)18(21,22)23/h1-7,25H,(H,26,27). The van der Waals surface area contributed by atoms with Gasteiger partial charge < -0.3 is 9.97 Å². The van der Waals surface area contributed by atoms with Crippen molar-refractivity contribution in [2.45, 2.75) is 6.18 Å². The number of rotatable bonds is 3. The van der Waals surface area contributed by atoms with Gasteiger partial charge in [-0.3, -0.25) is 9.78 Å². The molecular formula is C18H9BrF4N4O. The molecule has 0 aliphatic heterocycles. The fourth-order valence-electron chi connectivity index (χ4n) is 2.78. The van der Waals surface area contributed by atoms with Gasteiger partial charge in [-0.05, 0) is 46.3 Å². The number of hydrogen-bond acceptors (Lipinski definition) is 3. The molecule has 0 saturated carbocycles. The first-order valence-electron chi connectivity index (χ1n) is 7.85. The summed E-state index contributed by atoms with van der Waals surface area (Å²) in [4.78, 5) is 25.7. The van der Waals surface area contributed by atoms with Crippen molar-refractivity contribution >= 4 is 32.7 Å². The molecule has 0 bridgehead atoms. The molecule has 0 unspecified atom stereocenters. The third-order valence-corrected chi connectivity index (χ3v) is 4.68. The molecule has 142 valence electrons. The van der Waals surface area contributed by atoms with Gasteiger partial charge in [0.2, 0.25) is 0 Å². The van der Waals surface area contributed by atoms with Crippen molar-refractivity contribution in [1.29, 1.82) is 0 Å². The second kappa shape index (κ2) is 6.55. The molecule has 0 amide bonds. The molecule has 4 aromatic rings. The SMILES string of the molecule is O=C(c1c[nH]c(-c2nc3c(F)c(Br)ccc3[nH]2)c1)c1cccnc1C(F)(F)F. The number of benzene rings is 1. The fourth-order valence-corrected chi connectivity index (χ4v) is 3.10. The molecule has 0 aliphatic carbocycles. The number of pyridine rings is 1. The predicted octanol–water partition coefficient (Wildman–Crippen LogP) is 5.10. The number of aromatic amines is 2. The van der Waals surface area contributed by atoms with Crippen LogP contribution in [-0.2, 0) is 6.18 Å². The van der Waals surface area contributed by atoms with E-state index in [1.54, 1.807) is 6.07 Å². The molecule has 0 saturated heterocycles. The quantitative estimate of drug-likeness (QED) is 0.335. The van der Waals surface area contributed by atoms with Crippen LogP contribution in [0.2, 0.25) is 0 Å². The lowest BCUT2D eigenvalue weighted by Gasteiger charge is -2.09. The van der Waals surface area contributed by atoms with Gasteiger partial charge in [0.05, 0.1) is 21.2 Å². The summed E-state index contributed by atoms with van der Waals surface area (Å²) in [6, 6.07) is 6.82. The maximum atomic E-state index is 14.1. The van der Waals surface area contributed by atoms with Gasteiger partial charge in [-0.15, -0.1) is 0 Å². The molecule has 3 heterocycles. The van der Waals surface area contributed by atoms with Crippen molar-refractivity contribution < 1.29 is 22.4 Å². The normalized spacial score (nSPS) is 11.9. The second-order valence-electron chi connectivity index (χ2n) is 5.87. The highest BCUT2D eigenvalue weighted by molar-refractivity contribution is 9.10. The largest absolute Gasteiger partial charge is 0.434 e. The van der Waals surface area contributed by atoms with Gasteiger partial charge in [-0.2, -0.15) is 13.2 Å². The number of halogens is 5. The van der Waals surface area contributed by atoms with Crippen molar-refractivity contribution in [3.63, 3.8) is 0 Å². The number of H-pyrrole nitrogens is 2. The zero-order valence-corrected chi connectivity index (χ0v) is 15.3. The van der Waals surface area contributed by atoms with Crippen LogP contribution in [-0.4, -0.2) is 25.7 Å². The zero-order valence-electron chi connectivity index (χ0n) is 13.7. The molecule has 28 heavy (non-hydrogen) atoms. The number of ketones is 1. The first kappa shape index (κ1) is 18.4. The van der Waals surface area contributed by atoms with Crippen LogP contribution in [0, 0.1) is 5.82 Å². The minimum absolute atomic E-state index is 0.00407. The lowest BCUT2D eigenvalue weighted by Crippen LogP contribution is -2.15. The minimum atomic E-state index is -4.75. The molecule has 0 spiro atoms. The summed E-state index contributed by atoms with van der Waals surface area (Å²) in [7, 11) is 0. The minimum Gasteiger partial charge on any atom is -0.358 e. The number of imidazole rings is 1. The van der Waals surface area contributed by atoms with Crippen LogP contribution in [0.5, 0.6) is 0 Å². The monoisotopic (exact) mass is 452 g/mol. The van der Waals surface area contributed by atoms with Gasteiger partial charge in [-0.1, -0.05) is 0 Å². The molecule has 0 fully saturated rings. The Balaban J connectivity index is 1.73. The molecule has 10 heteroatoms. The Bertz CT molecular complexity index is 1210. The van der Waals surface area contributed by atoms with Crippen LogP contribution in [0.25, 0.3) is 22.6 Å². The van der Waals surface area contributed by atoms with Crippen LogP contribution in [0.3, 0.4) is 0 Å². The topological polar surface area (TPSA) is 74.4 Å². The molecule has 2 N–H and O–H groups in total. The Labute approximate surface area is 163 Å². The maximum absolute atomic E-state index is 14.1. The number of nitrogens with zero attached hydrogens (tertiary/aromatic N) is 2. The third-order valence-electron chi connectivity index (χ3n) is 4.07. The van der Waals surface area contributed by atoms with E-state index in [4.69, 9.17) is 0 Å². The Morgan fingerprint density at radius 2 is 1.96 bits per heavy atom. The average molecular weight is 453 g/mol. The van der Waals surface area contributed by atoms with E-state index < -0.39 is 29.0 Å². The van der Waals surface area contributed by atoms with Gasteiger partial charge in [0, 0.05) is 18.0 Å². The summed E-state index contributed by atoms with van der Waals surface area (Å²) in [6.45, 7) is 0. The number of alkyl halides is 3. The van der Waals surface area contributed by atoms with E-state index >= 15 is 0 Å². The molecule has 0 radical (unpaired) electrons. The van der Waals surface area contributed by atoms with E-state index in [0.717, 1.165) is 12.3 Å². The summed E-state index contributed by atoms with van der Waals surface area (Å²) >= 11 is 3.07. The summed E-state index contributed by atoms with van der Waals surface area (Å²) in [5, 5.41) is 0. The van der Waals surface area contributed by atoms with Crippen LogP contribution in [0.1, 0.15) is 21.6 Å². The van der Waals surface area contributed by atoms with E-state index in [0.29, 0.717) is 11.2 Å². The highest BCUT2D eigenvalue weighted by atomic mass is 79.9. The van der Waals surface area contributed by atoms with Crippen LogP contribution >= 0.6 is 15.9 Å². The summed E-state index contributed by atoms with van der Waals surface area (Å²) in [5.74, 6) is -1.14. The maximum Gasteiger partial charge on any atom is 0.434 e. The molecular weight excluding hydrogens is 444 g/mol. The third kappa shape index (κ3) is 3.09. The molecule has 1 aromatic carbocycles. The first-order chi connectivity index (χ1) is 13.3. The molecule has 0 atom stereocenters. The van der Waals surface area contributed by atoms with Crippen molar-refractivity contribution in [3.8, 4) is 11.5 Å². The first-order valence-corrected chi connectivity index (χ1v) is 8.64. The van der Waals surface area contributed by atoms with Crippen molar-refractivity contribution in [3.05, 3.63) is 69.8 Å². The fraction of sp³-hybridized carbons (Fsp3) is 0.0556. The number of hydrogen-bond donors (Lipinski definition) is 2. The molecule has 4 rings (SSSR count). The van der Waals surface area contributed by atoms with E-state index in [-0.39, 0.29) is 21.4 Å². The summed E-state index contributed by atoms with van der Waals surface area (Å²) in [5.41, 5.74) is -0.954. The summed E-state index contributed by atoms with van der Waals surface area (Å²) in [6.07, 6.45) is -2.51. The Morgan fingerprint density at radius 1 is 1.18 bits per heavy atom. The molecule has 0 aliphatic rings. The smallest absolute Gasteiger partial charge is 0.358 e. The second-order valence-corrected chi connectivity index (χ2v) is 6.73. The number of aromatic nitrogens is 4. The van der Waals surface area contributed by atoms with Gasteiger partial charge in [-0.25, -0.2) is 9.37 Å². The Hall–Kier alpha value is -3.01. The molecule has 3 aromatic heterocycles. The average Bonchev–Trinajstić information content (AvgIpc) is 3.31. The number of fused-ring (bicyclic) bond motifs is 1.